The zero-order chi connectivity index (χ0) is 14.7. The largest absolute Gasteiger partial charge is 0.466 e. The van der Waals surface area contributed by atoms with Gasteiger partial charge in [0.15, 0.2) is 0 Å². The molecule has 0 aliphatic carbocycles. The van der Waals surface area contributed by atoms with E-state index in [2.05, 4.69) is 11.4 Å². The molecule has 7 heteroatoms. The van der Waals surface area contributed by atoms with Gasteiger partial charge in [-0.15, -0.1) is 0 Å². The molecule has 1 aliphatic rings. The molecule has 0 saturated carbocycles. The van der Waals surface area contributed by atoms with Crippen molar-refractivity contribution in [2.24, 2.45) is 5.73 Å². The van der Waals surface area contributed by atoms with Crippen molar-refractivity contribution in [1.82, 2.24) is 5.32 Å². The number of rotatable bonds is 4. The molecule has 1 atom stereocenters. The quantitative estimate of drug-likeness (QED) is 0.864. The zero-order valence-corrected chi connectivity index (χ0v) is 11.6. The Hall–Kier alpha value is -2.20. The number of amides is 2. The lowest BCUT2D eigenvalue weighted by Gasteiger charge is -2.23. The fourth-order valence-electron chi connectivity index (χ4n) is 1.96. The topological polar surface area (TPSA) is 109 Å². The maximum absolute atomic E-state index is 11.7. The highest BCUT2D eigenvalue weighted by molar-refractivity contribution is 8.03. The van der Waals surface area contributed by atoms with Crippen molar-refractivity contribution in [2.75, 3.05) is 5.75 Å². The molecular formula is C13H13N3O3S. The van der Waals surface area contributed by atoms with E-state index in [-0.39, 0.29) is 18.1 Å². The van der Waals surface area contributed by atoms with Gasteiger partial charge in [-0.3, -0.25) is 9.59 Å². The molecule has 104 valence electrons. The molecule has 0 spiro atoms. The van der Waals surface area contributed by atoms with Crippen LogP contribution in [0.2, 0.25) is 0 Å². The fourth-order valence-corrected chi connectivity index (χ4v) is 2.78. The third-order valence-electron chi connectivity index (χ3n) is 2.82. The van der Waals surface area contributed by atoms with E-state index in [1.807, 2.05) is 0 Å². The maximum Gasteiger partial charge on any atom is 0.227 e. The Labute approximate surface area is 120 Å². The molecule has 0 saturated heterocycles. The predicted octanol–water partition coefficient (Wildman–Crippen LogP) is 1.15. The standard InChI is InChI=1S/C13H13N3O3S/c1-7-2-3-10(19-7)8-4-12(18)16-13(9(8)5-14)20-6-11(15)17/h2-3,8H,4,6H2,1H3,(H2,15,17)(H,16,18)/t8-/m0/s1. The summed E-state index contributed by atoms with van der Waals surface area (Å²) in [7, 11) is 0. The fraction of sp³-hybridized carbons (Fsp3) is 0.308. The number of nitrogens with one attached hydrogen (secondary N) is 1. The molecule has 1 aromatic rings. The van der Waals surface area contributed by atoms with Gasteiger partial charge in [0.25, 0.3) is 0 Å². The third kappa shape index (κ3) is 3.03. The van der Waals surface area contributed by atoms with Gasteiger partial charge in [0.05, 0.1) is 28.3 Å². The lowest BCUT2D eigenvalue weighted by Crippen LogP contribution is -2.31. The summed E-state index contributed by atoms with van der Waals surface area (Å²) in [6, 6.07) is 5.63. The first-order valence-corrected chi connectivity index (χ1v) is 6.91. The van der Waals surface area contributed by atoms with E-state index in [1.54, 1.807) is 19.1 Å². The number of nitriles is 1. The summed E-state index contributed by atoms with van der Waals surface area (Å²) in [6.07, 6.45) is 0.149. The van der Waals surface area contributed by atoms with Gasteiger partial charge in [-0.2, -0.15) is 5.26 Å². The van der Waals surface area contributed by atoms with E-state index in [1.165, 1.54) is 0 Å². The minimum Gasteiger partial charge on any atom is -0.466 e. The van der Waals surface area contributed by atoms with E-state index in [0.717, 1.165) is 17.5 Å². The average molecular weight is 291 g/mol. The van der Waals surface area contributed by atoms with Crippen LogP contribution in [-0.2, 0) is 9.59 Å². The molecular weight excluding hydrogens is 278 g/mol. The molecule has 1 aromatic heterocycles. The van der Waals surface area contributed by atoms with Crippen LogP contribution in [0.5, 0.6) is 0 Å². The van der Waals surface area contributed by atoms with Crippen LogP contribution in [0.1, 0.15) is 23.9 Å². The van der Waals surface area contributed by atoms with E-state index >= 15 is 0 Å². The number of primary amides is 1. The van der Waals surface area contributed by atoms with Crippen LogP contribution in [0.15, 0.2) is 27.2 Å². The monoisotopic (exact) mass is 291 g/mol. The van der Waals surface area contributed by atoms with Crippen LogP contribution in [-0.4, -0.2) is 17.6 Å². The zero-order valence-electron chi connectivity index (χ0n) is 10.8. The second-order valence-corrected chi connectivity index (χ2v) is 5.35. The SMILES string of the molecule is Cc1ccc([C@H]2CC(=O)NC(SCC(N)=O)=C2C#N)o1. The minimum atomic E-state index is -0.509. The second kappa shape index (κ2) is 5.84. The first-order chi connectivity index (χ1) is 9.51. The van der Waals surface area contributed by atoms with Crippen LogP contribution in [0, 0.1) is 18.3 Å². The summed E-state index contributed by atoms with van der Waals surface area (Å²) in [5, 5.41) is 12.3. The summed E-state index contributed by atoms with van der Waals surface area (Å²) in [5.74, 6) is 0.156. The van der Waals surface area contributed by atoms with Crippen LogP contribution in [0.3, 0.4) is 0 Å². The van der Waals surface area contributed by atoms with Crippen molar-refractivity contribution in [3.63, 3.8) is 0 Å². The summed E-state index contributed by atoms with van der Waals surface area (Å²) in [6.45, 7) is 1.80. The minimum absolute atomic E-state index is 0.00466. The van der Waals surface area contributed by atoms with E-state index in [4.69, 9.17) is 10.2 Å². The smallest absolute Gasteiger partial charge is 0.227 e. The normalized spacial score (nSPS) is 18.6. The number of hydrogen-bond acceptors (Lipinski definition) is 5. The highest BCUT2D eigenvalue weighted by atomic mass is 32.2. The number of nitrogens with two attached hydrogens (primary N) is 1. The highest BCUT2D eigenvalue weighted by Gasteiger charge is 2.31. The van der Waals surface area contributed by atoms with Gasteiger partial charge in [-0.1, -0.05) is 11.8 Å². The molecule has 2 heterocycles. The van der Waals surface area contributed by atoms with Crippen molar-refractivity contribution < 1.29 is 14.0 Å². The van der Waals surface area contributed by atoms with Crippen LogP contribution in [0.25, 0.3) is 0 Å². The Balaban J connectivity index is 2.35. The number of furan rings is 1. The van der Waals surface area contributed by atoms with Crippen molar-refractivity contribution in [3.05, 3.63) is 34.3 Å². The van der Waals surface area contributed by atoms with Gasteiger partial charge < -0.3 is 15.5 Å². The van der Waals surface area contributed by atoms with Crippen molar-refractivity contribution >= 4 is 23.6 Å². The number of carbonyl (C=O) groups is 2. The highest BCUT2D eigenvalue weighted by Crippen LogP contribution is 2.36. The Morgan fingerprint density at radius 1 is 1.65 bits per heavy atom. The number of hydrogen-bond donors (Lipinski definition) is 2. The Kier molecular flexibility index (Phi) is 4.15. The molecule has 3 N–H and O–H groups in total. The number of allylic oxidation sites excluding steroid dienone is 1. The Morgan fingerprint density at radius 3 is 2.95 bits per heavy atom. The first kappa shape index (κ1) is 14.2. The molecule has 6 nitrogen and oxygen atoms in total. The molecule has 0 aromatic carbocycles. The third-order valence-corrected chi connectivity index (χ3v) is 3.86. The van der Waals surface area contributed by atoms with E-state index in [9.17, 15) is 14.9 Å². The molecule has 0 unspecified atom stereocenters. The number of nitrogens with zero attached hydrogens (tertiary/aromatic N) is 1. The molecule has 2 amide bonds. The molecule has 20 heavy (non-hydrogen) atoms. The van der Waals surface area contributed by atoms with Crippen molar-refractivity contribution in [3.8, 4) is 6.07 Å². The molecule has 0 fully saturated rings. The van der Waals surface area contributed by atoms with Gasteiger partial charge in [0.1, 0.15) is 11.5 Å². The maximum atomic E-state index is 11.7. The molecule has 0 radical (unpaired) electrons. The van der Waals surface area contributed by atoms with E-state index < -0.39 is 11.8 Å². The summed E-state index contributed by atoms with van der Waals surface area (Å²) in [5.41, 5.74) is 5.48. The van der Waals surface area contributed by atoms with Crippen LogP contribution in [0.4, 0.5) is 0 Å². The van der Waals surface area contributed by atoms with E-state index in [0.29, 0.717) is 16.4 Å². The first-order valence-electron chi connectivity index (χ1n) is 5.92. The number of carbonyl (C=O) groups excluding carboxylic acids is 2. The number of thioether (sulfide) groups is 1. The van der Waals surface area contributed by atoms with Gasteiger partial charge in [-0.25, -0.2) is 0 Å². The van der Waals surface area contributed by atoms with Crippen molar-refractivity contribution in [2.45, 2.75) is 19.3 Å². The lowest BCUT2D eigenvalue weighted by molar-refractivity contribution is -0.121. The lowest BCUT2D eigenvalue weighted by atomic mass is 9.92. The number of aryl methyl sites for hydroxylation is 1. The molecule has 0 bridgehead atoms. The molecule has 2 rings (SSSR count). The average Bonchev–Trinajstić information content (AvgIpc) is 2.82. The predicted molar refractivity (Wildman–Crippen MR) is 73.2 cm³/mol. The van der Waals surface area contributed by atoms with Crippen LogP contribution < -0.4 is 11.1 Å². The summed E-state index contributed by atoms with van der Waals surface area (Å²) < 4.78 is 5.51. The van der Waals surface area contributed by atoms with Gasteiger partial charge >= 0.3 is 0 Å². The van der Waals surface area contributed by atoms with Gasteiger partial charge in [0, 0.05) is 6.42 Å². The Morgan fingerprint density at radius 2 is 2.40 bits per heavy atom. The van der Waals surface area contributed by atoms with Gasteiger partial charge in [-0.05, 0) is 19.1 Å². The summed E-state index contributed by atoms with van der Waals surface area (Å²) >= 11 is 1.06. The Bertz CT molecular complexity index is 627. The second-order valence-electron chi connectivity index (χ2n) is 4.36. The van der Waals surface area contributed by atoms with Crippen molar-refractivity contribution in [1.29, 1.82) is 5.26 Å². The summed E-state index contributed by atoms with van der Waals surface area (Å²) in [4.78, 5) is 22.6. The van der Waals surface area contributed by atoms with Gasteiger partial charge in [0.2, 0.25) is 11.8 Å². The molecule has 1 aliphatic heterocycles. The van der Waals surface area contributed by atoms with Crippen LogP contribution >= 0.6 is 11.8 Å².